The van der Waals surface area contributed by atoms with Gasteiger partial charge in [-0.1, -0.05) is 12.2 Å². The van der Waals surface area contributed by atoms with Crippen LogP contribution in [0.1, 0.15) is 25.0 Å². The number of amides is 1. The van der Waals surface area contributed by atoms with Crippen LogP contribution >= 0.6 is 12.2 Å². The molecule has 0 bridgehead atoms. The summed E-state index contributed by atoms with van der Waals surface area (Å²) in [7, 11) is 0. The zero-order valence-corrected chi connectivity index (χ0v) is 11.0. The number of thiocarbonyl (C=S) groups is 1. The van der Waals surface area contributed by atoms with Gasteiger partial charge in [0.25, 0.3) is 0 Å². The highest BCUT2D eigenvalue weighted by atomic mass is 32.1. The van der Waals surface area contributed by atoms with Crippen LogP contribution in [0.15, 0.2) is 18.2 Å². The Hall–Kier alpha value is -1.62. The normalized spacial score (nSPS) is 11.0. The number of aryl methyl sites for hydroxylation is 1. The van der Waals surface area contributed by atoms with E-state index in [0.29, 0.717) is 4.99 Å². The lowest BCUT2D eigenvalue weighted by Crippen LogP contribution is -2.45. The molecule has 0 aromatic heterocycles. The predicted octanol–water partition coefficient (Wildman–Crippen LogP) is 1.31. The van der Waals surface area contributed by atoms with E-state index in [4.69, 9.17) is 23.7 Å². The van der Waals surface area contributed by atoms with Gasteiger partial charge in [-0.25, -0.2) is 0 Å². The lowest BCUT2D eigenvalue weighted by Gasteiger charge is -2.24. The third-order valence-corrected chi connectivity index (χ3v) is 2.78. The van der Waals surface area contributed by atoms with Gasteiger partial charge in [0.15, 0.2) is 0 Å². The van der Waals surface area contributed by atoms with Gasteiger partial charge in [-0.3, -0.25) is 4.79 Å². The molecule has 0 fully saturated rings. The van der Waals surface area contributed by atoms with E-state index in [1.807, 2.05) is 25.1 Å². The van der Waals surface area contributed by atoms with E-state index < -0.39 is 11.4 Å². The Morgan fingerprint density at radius 3 is 2.35 bits per heavy atom. The zero-order valence-electron chi connectivity index (χ0n) is 10.2. The van der Waals surface area contributed by atoms with Gasteiger partial charge in [0.2, 0.25) is 5.91 Å². The first-order chi connectivity index (χ1) is 7.74. The fourth-order valence-electron chi connectivity index (χ4n) is 1.44. The topological polar surface area (TPSA) is 81.1 Å². The summed E-state index contributed by atoms with van der Waals surface area (Å²) in [5, 5.41) is 3.07. The highest BCUT2D eigenvalue weighted by Crippen LogP contribution is 2.19. The summed E-state index contributed by atoms with van der Waals surface area (Å²) in [6, 6.07) is 5.54. The Morgan fingerprint density at radius 2 is 1.94 bits per heavy atom. The Kier molecular flexibility index (Phi) is 3.72. The summed E-state index contributed by atoms with van der Waals surface area (Å²) < 4.78 is 0. The number of nitrogens with two attached hydrogens (primary N) is 2. The Balaban J connectivity index is 2.99. The third-order valence-electron chi connectivity index (χ3n) is 2.56. The number of hydrogen-bond acceptors (Lipinski definition) is 3. The van der Waals surface area contributed by atoms with E-state index in [1.54, 1.807) is 13.8 Å². The van der Waals surface area contributed by atoms with Gasteiger partial charge in [0.1, 0.15) is 10.5 Å². The largest absolute Gasteiger partial charge is 0.389 e. The number of rotatable bonds is 4. The van der Waals surface area contributed by atoms with Crippen molar-refractivity contribution in [2.75, 3.05) is 5.32 Å². The summed E-state index contributed by atoms with van der Waals surface area (Å²) in [4.78, 5) is 11.6. The number of benzene rings is 1. The van der Waals surface area contributed by atoms with Gasteiger partial charge in [-0.2, -0.15) is 0 Å². The Morgan fingerprint density at radius 1 is 1.35 bits per heavy atom. The lowest BCUT2D eigenvalue weighted by atomic mass is 10.0. The first-order valence-electron chi connectivity index (χ1n) is 5.22. The van der Waals surface area contributed by atoms with E-state index in [9.17, 15) is 4.79 Å². The molecular formula is C12H17N3OS. The molecule has 1 rings (SSSR count). The van der Waals surface area contributed by atoms with Gasteiger partial charge < -0.3 is 16.8 Å². The van der Waals surface area contributed by atoms with Crippen LogP contribution in [0, 0.1) is 6.92 Å². The zero-order chi connectivity index (χ0) is 13.2. The van der Waals surface area contributed by atoms with Crippen molar-refractivity contribution in [2.45, 2.75) is 26.3 Å². The average Bonchev–Trinajstić information content (AvgIpc) is 2.15. The molecule has 0 aliphatic carbocycles. The minimum absolute atomic E-state index is 0.364. The molecule has 0 aliphatic rings. The highest BCUT2D eigenvalue weighted by Gasteiger charge is 2.24. The summed E-state index contributed by atoms with van der Waals surface area (Å²) in [6.45, 7) is 5.37. The van der Waals surface area contributed by atoms with Gasteiger partial charge in [-0.05, 0) is 44.5 Å². The van der Waals surface area contributed by atoms with E-state index in [1.165, 1.54) is 0 Å². The number of hydrogen-bond donors (Lipinski definition) is 3. The molecular weight excluding hydrogens is 234 g/mol. The first kappa shape index (κ1) is 13.4. The molecule has 92 valence electrons. The number of anilines is 1. The minimum atomic E-state index is -0.794. The maximum atomic E-state index is 11.2. The van der Waals surface area contributed by atoms with Crippen molar-refractivity contribution < 1.29 is 4.79 Å². The van der Waals surface area contributed by atoms with Crippen LogP contribution in [-0.2, 0) is 4.79 Å². The van der Waals surface area contributed by atoms with E-state index in [0.717, 1.165) is 16.8 Å². The quantitative estimate of drug-likeness (QED) is 0.705. The number of primary amides is 1. The van der Waals surface area contributed by atoms with Crippen molar-refractivity contribution in [3.63, 3.8) is 0 Å². The van der Waals surface area contributed by atoms with Crippen molar-refractivity contribution in [3.05, 3.63) is 29.3 Å². The van der Waals surface area contributed by atoms with Crippen LogP contribution < -0.4 is 16.8 Å². The molecule has 4 nitrogen and oxygen atoms in total. The molecule has 5 heteroatoms. The standard InChI is InChI=1S/C12H17N3OS/c1-7-6-8(4-5-9(7)10(13)17)15-12(2,3)11(14)16/h4-6,15H,1-3H3,(H2,13,17)(H2,14,16). The summed E-state index contributed by atoms with van der Waals surface area (Å²) in [6.07, 6.45) is 0. The third kappa shape index (κ3) is 3.17. The van der Waals surface area contributed by atoms with Crippen LogP contribution in [-0.4, -0.2) is 16.4 Å². The second kappa shape index (κ2) is 4.71. The molecule has 0 spiro atoms. The molecule has 0 saturated carbocycles. The van der Waals surface area contributed by atoms with Crippen LogP contribution in [0.5, 0.6) is 0 Å². The van der Waals surface area contributed by atoms with Gasteiger partial charge in [-0.15, -0.1) is 0 Å². The smallest absolute Gasteiger partial charge is 0.242 e. The fourth-order valence-corrected chi connectivity index (χ4v) is 1.67. The Bertz CT molecular complexity index is 469. The summed E-state index contributed by atoms with van der Waals surface area (Å²) >= 11 is 4.93. The van der Waals surface area contributed by atoms with Gasteiger partial charge in [0, 0.05) is 11.3 Å². The average molecular weight is 251 g/mol. The molecule has 0 saturated heterocycles. The van der Waals surface area contributed by atoms with Crippen LogP contribution in [0.4, 0.5) is 5.69 Å². The van der Waals surface area contributed by atoms with E-state index >= 15 is 0 Å². The van der Waals surface area contributed by atoms with E-state index in [-0.39, 0.29) is 0 Å². The predicted molar refractivity (Wildman–Crippen MR) is 74.0 cm³/mol. The van der Waals surface area contributed by atoms with Crippen molar-refractivity contribution in [1.82, 2.24) is 0 Å². The lowest BCUT2D eigenvalue weighted by molar-refractivity contribution is -0.121. The molecule has 0 atom stereocenters. The maximum absolute atomic E-state index is 11.2. The number of carbonyl (C=O) groups excluding carboxylic acids is 1. The second-order valence-electron chi connectivity index (χ2n) is 4.51. The van der Waals surface area contributed by atoms with Crippen LogP contribution in [0.3, 0.4) is 0 Å². The monoisotopic (exact) mass is 251 g/mol. The van der Waals surface area contributed by atoms with Crippen LogP contribution in [0.2, 0.25) is 0 Å². The molecule has 0 heterocycles. The summed E-state index contributed by atoms with van der Waals surface area (Å²) in [5.41, 5.74) is 12.7. The fraction of sp³-hybridized carbons (Fsp3) is 0.333. The molecule has 0 aliphatic heterocycles. The number of nitrogens with one attached hydrogen (secondary N) is 1. The SMILES string of the molecule is Cc1cc(NC(C)(C)C(N)=O)ccc1C(N)=S. The molecule has 1 aromatic carbocycles. The van der Waals surface area contributed by atoms with Gasteiger partial charge >= 0.3 is 0 Å². The van der Waals surface area contributed by atoms with Gasteiger partial charge in [0.05, 0.1) is 0 Å². The molecule has 5 N–H and O–H groups in total. The van der Waals surface area contributed by atoms with Crippen molar-refractivity contribution in [2.24, 2.45) is 11.5 Å². The maximum Gasteiger partial charge on any atom is 0.242 e. The highest BCUT2D eigenvalue weighted by molar-refractivity contribution is 7.80. The van der Waals surface area contributed by atoms with E-state index in [2.05, 4.69) is 5.32 Å². The second-order valence-corrected chi connectivity index (χ2v) is 4.95. The van der Waals surface area contributed by atoms with Crippen molar-refractivity contribution in [3.8, 4) is 0 Å². The molecule has 1 aromatic rings. The molecule has 0 radical (unpaired) electrons. The van der Waals surface area contributed by atoms with Crippen molar-refractivity contribution in [1.29, 1.82) is 0 Å². The first-order valence-corrected chi connectivity index (χ1v) is 5.63. The minimum Gasteiger partial charge on any atom is -0.389 e. The van der Waals surface area contributed by atoms with Crippen LogP contribution in [0.25, 0.3) is 0 Å². The molecule has 1 amide bonds. The summed E-state index contributed by atoms with van der Waals surface area (Å²) in [5.74, 6) is -0.409. The number of carbonyl (C=O) groups is 1. The molecule has 17 heavy (non-hydrogen) atoms. The Labute approximate surface area is 106 Å². The van der Waals surface area contributed by atoms with Crippen molar-refractivity contribution >= 4 is 28.8 Å². The molecule has 0 unspecified atom stereocenters.